The molecule has 16 heavy (non-hydrogen) atoms. The molecule has 2 rings (SSSR count). The van der Waals surface area contributed by atoms with Crippen LogP contribution in [0.4, 0.5) is 0 Å². The molecule has 2 heteroatoms. The Balaban J connectivity index is 0. The third kappa shape index (κ3) is 3.40. The molecule has 84 valence electrons. The number of hydrogen-bond acceptors (Lipinski definition) is 0. The van der Waals surface area contributed by atoms with Crippen molar-refractivity contribution in [1.29, 1.82) is 0 Å². The minimum Gasteiger partial charge on any atom is -0.358 e. The fraction of sp³-hybridized carbons (Fsp3) is 0.143. The van der Waals surface area contributed by atoms with E-state index in [9.17, 15) is 0 Å². The monoisotopic (exact) mass is 306 g/mol. The maximum atomic E-state index is 2.40. The predicted octanol–water partition coefficient (Wildman–Crippen LogP) is 2.85. The van der Waals surface area contributed by atoms with Crippen LogP contribution < -0.4 is 10.4 Å². The van der Waals surface area contributed by atoms with Crippen molar-refractivity contribution >= 4 is 18.4 Å². The SMILES string of the molecule is C[Si](C)([c-]1cccc1)[c-]1cccc1.[CH3-].[CH3-].[Zr+4]. The van der Waals surface area contributed by atoms with Gasteiger partial charge in [0.1, 0.15) is 0 Å². The van der Waals surface area contributed by atoms with Gasteiger partial charge in [0, 0.05) is 0 Å². The summed E-state index contributed by atoms with van der Waals surface area (Å²) in [6, 6.07) is 17.5. The molecule has 0 unspecified atom stereocenters. The summed E-state index contributed by atoms with van der Waals surface area (Å²) in [7, 11) is -1.35. The Hall–Kier alpha value is -0.200. The van der Waals surface area contributed by atoms with Crippen LogP contribution in [0, 0.1) is 14.9 Å². The summed E-state index contributed by atoms with van der Waals surface area (Å²) >= 11 is 0. The number of rotatable bonds is 2. The van der Waals surface area contributed by atoms with Crippen LogP contribution in [0.15, 0.2) is 48.5 Å². The van der Waals surface area contributed by atoms with E-state index < -0.39 is 8.07 Å². The molecule has 0 N–H and O–H groups in total. The minimum atomic E-state index is -1.35. The van der Waals surface area contributed by atoms with E-state index in [-0.39, 0.29) is 41.1 Å². The second-order valence-corrected chi connectivity index (χ2v) is 8.38. The zero-order valence-corrected chi connectivity index (χ0v) is 14.1. The van der Waals surface area contributed by atoms with Gasteiger partial charge >= 0.3 is 26.2 Å². The fourth-order valence-corrected chi connectivity index (χ4v) is 4.13. The minimum absolute atomic E-state index is 0. The van der Waals surface area contributed by atoms with Gasteiger partial charge in [-0.25, -0.2) is 24.3 Å². The first-order valence-corrected chi connectivity index (χ1v) is 7.65. The molecule has 2 aromatic carbocycles. The molecule has 0 atom stereocenters. The third-order valence-electron chi connectivity index (χ3n) is 2.77. The van der Waals surface area contributed by atoms with Gasteiger partial charge in [-0.15, -0.1) is 0 Å². The Bertz CT molecular complexity index is 321. The number of hydrogen-bond donors (Lipinski definition) is 0. The largest absolute Gasteiger partial charge is 4.00 e. The van der Waals surface area contributed by atoms with E-state index in [2.05, 4.69) is 61.6 Å². The second-order valence-electron chi connectivity index (χ2n) is 3.97. The normalized spacial score (nSPS) is 9.62. The summed E-state index contributed by atoms with van der Waals surface area (Å²) in [5.41, 5.74) is 0. The molecule has 0 amide bonds. The standard InChI is InChI=1S/C12H14Si.2CH3.Zr/c1-13(2,11-7-3-4-8-11)12-9-5-6-10-12;;;/h3-10H,1-2H3;2*1H3;/q-2;2*-1;+4. The maximum Gasteiger partial charge on any atom is 4.00 e. The van der Waals surface area contributed by atoms with Crippen LogP contribution in [0.2, 0.25) is 13.1 Å². The molecular formula is C14H20SiZr. The van der Waals surface area contributed by atoms with E-state index in [4.69, 9.17) is 0 Å². The summed E-state index contributed by atoms with van der Waals surface area (Å²) < 4.78 is 0. The molecule has 0 aliphatic heterocycles. The van der Waals surface area contributed by atoms with E-state index in [1.807, 2.05) is 0 Å². The second kappa shape index (κ2) is 7.19. The molecule has 0 saturated heterocycles. The molecule has 2 aromatic rings. The molecular weight excluding hydrogens is 287 g/mol. The van der Waals surface area contributed by atoms with E-state index in [1.54, 1.807) is 0 Å². The molecule has 0 aromatic heterocycles. The smallest absolute Gasteiger partial charge is 0.358 e. The summed E-state index contributed by atoms with van der Waals surface area (Å²) in [5, 5.41) is 3.05. The van der Waals surface area contributed by atoms with Gasteiger partial charge in [-0.1, -0.05) is 13.1 Å². The quantitative estimate of drug-likeness (QED) is 0.591. The Kier molecular flexibility index (Phi) is 8.17. The van der Waals surface area contributed by atoms with E-state index in [0.29, 0.717) is 0 Å². The molecule has 0 saturated carbocycles. The van der Waals surface area contributed by atoms with Gasteiger partial charge in [0.15, 0.2) is 0 Å². The van der Waals surface area contributed by atoms with Crippen LogP contribution in [0.5, 0.6) is 0 Å². The summed E-state index contributed by atoms with van der Waals surface area (Å²) in [4.78, 5) is 0. The first-order valence-electron chi connectivity index (χ1n) is 4.65. The van der Waals surface area contributed by atoms with Crippen molar-refractivity contribution in [3.63, 3.8) is 0 Å². The van der Waals surface area contributed by atoms with Crippen molar-refractivity contribution in [2.45, 2.75) is 13.1 Å². The van der Waals surface area contributed by atoms with Crippen LogP contribution in [-0.4, -0.2) is 8.07 Å². The molecule has 0 bridgehead atoms. The first-order chi connectivity index (χ1) is 6.21. The van der Waals surface area contributed by atoms with Gasteiger partial charge in [0.05, 0.1) is 0 Å². The topological polar surface area (TPSA) is 0 Å². The van der Waals surface area contributed by atoms with Gasteiger partial charge in [0.25, 0.3) is 0 Å². The Labute approximate surface area is 121 Å². The zero-order valence-electron chi connectivity index (χ0n) is 10.6. The van der Waals surface area contributed by atoms with Gasteiger partial charge in [-0.2, -0.15) is 34.6 Å². The van der Waals surface area contributed by atoms with Crippen molar-refractivity contribution in [2.24, 2.45) is 0 Å². The van der Waals surface area contributed by atoms with E-state index in [0.717, 1.165) is 0 Å². The summed E-state index contributed by atoms with van der Waals surface area (Å²) in [6.07, 6.45) is 0. The van der Waals surface area contributed by atoms with Crippen molar-refractivity contribution < 1.29 is 26.2 Å². The molecule has 0 spiro atoms. The van der Waals surface area contributed by atoms with Gasteiger partial charge < -0.3 is 14.9 Å². The van der Waals surface area contributed by atoms with E-state index >= 15 is 0 Å². The van der Waals surface area contributed by atoms with Crippen LogP contribution in [0.3, 0.4) is 0 Å². The third-order valence-corrected chi connectivity index (χ3v) is 6.32. The van der Waals surface area contributed by atoms with Gasteiger partial charge in [-0.05, 0) is 8.07 Å². The molecule has 0 fully saturated rings. The zero-order chi connectivity index (χ0) is 9.31. The van der Waals surface area contributed by atoms with Crippen molar-refractivity contribution in [2.75, 3.05) is 0 Å². The van der Waals surface area contributed by atoms with Crippen molar-refractivity contribution in [1.82, 2.24) is 0 Å². The Morgan fingerprint density at radius 3 is 1.19 bits per heavy atom. The molecule has 0 nitrogen and oxygen atoms in total. The molecule has 0 radical (unpaired) electrons. The molecule has 0 aliphatic carbocycles. The van der Waals surface area contributed by atoms with Crippen LogP contribution in [-0.2, 0) is 26.2 Å². The Morgan fingerprint density at radius 1 is 0.688 bits per heavy atom. The Morgan fingerprint density at radius 2 is 0.938 bits per heavy atom. The van der Waals surface area contributed by atoms with Gasteiger partial charge in [0.2, 0.25) is 0 Å². The average molecular weight is 308 g/mol. The summed E-state index contributed by atoms with van der Waals surface area (Å²) in [5.74, 6) is 0. The fourth-order valence-electron chi connectivity index (χ4n) is 1.75. The molecule has 0 heterocycles. The summed E-state index contributed by atoms with van der Waals surface area (Å²) in [6.45, 7) is 4.80. The van der Waals surface area contributed by atoms with Crippen LogP contribution in [0.25, 0.3) is 0 Å². The average Bonchev–Trinajstić information content (AvgIpc) is 2.78. The first kappa shape index (κ1) is 18.2. The van der Waals surface area contributed by atoms with E-state index in [1.165, 1.54) is 10.4 Å². The van der Waals surface area contributed by atoms with Crippen LogP contribution >= 0.6 is 0 Å². The molecule has 0 aliphatic rings. The van der Waals surface area contributed by atoms with Crippen LogP contribution in [0.1, 0.15) is 0 Å². The maximum absolute atomic E-state index is 2.40. The van der Waals surface area contributed by atoms with Crippen molar-refractivity contribution in [3.05, 3.63) is 63.4 Å². The predicted molar refractivity (Wildman–Crippen MR) is 73.6 cm³/mol. The van der Waals surface area contributed by atoms with Crippen molar-refractivity contribution in [3.8, 4) is 0 Å². The van der Waals surface area contributed by atoms with Gasteiger partial charge in [-0.3, -0.25) is 0 Å².